The van der Waals surface area contributed by atoms with Crippen LogP contribution in [-0.2, 0) is 0 Å². The van der Waals surface area contributed by atoms with Crippen LogP contribution < -0.4 is 5.32 Å². The van der Waals surface area contributed by atoms with Crippen molar-refractivity contribution in [2.24, 2.45) is 0 Å². The number of carbonyl (C=O) groups is 2. The van der Waals surface area contributed by atoms with Crippen LogP contribution in [-0.4, -0.2) is 17.0 Å². The highest BCUT2D eigenvalue weighted by atomic mass is 16.4. The lowest BCUT2D eigenvalue weighted by atomic mass is 10.0. The minimum Gasteiger partial charge on any atom is -0.478 e. The molecule has 0 aliphatic rings. The molecule has 3 aromatic rings. The van der Waals surface area contributed by atoms with E-state index < -0.39 is 5.97 Å². The molecule has 0 aliphatic carbocycles. The van der Waals surface area contributed by atoms with Crippen LogP contribution >= 0.6 is 0 Å². The fourth-order valence-corrected chi connectivity index (χ4v) is 2.53. The van der Waals surface area contributed by atoms with Crippen LogP contribution in [0.3, 0.4) is 0 Å². The van der Waals surface area contributed by atoms with Gasteiger partial charge < -0.3 is 10.4 Å². The van der Waals surface area contributed by atoms with Crippen LogP contribution in [0, 0.1) is 11.3 Å². The highest BCUT2D eigenvalue weighted by Gasteiger charge is 2.15. The summed E-state index contributed by atoms with van der Waals surface area (Å²) in [6, 6.07) is 22.3. The van der Waals surface area contributed by atoms with Gasteiger partial charge in [-0.3, -0.25) is 4.79 Å². The molecule has 0 aromatic heterocycles. The van der Waals surface area contributed by atoms with Gasteiger partial charge in [0.05, 0.1) is 22.9 Å². The zero-order chi connectivity index (χ0) is 18.5. The molecular formula is C21H14N2O3. The van der Waals surface area contributed by atoms with Crippen LogP contribution in [0.4, 0.5) is 5.69 Å². The van der Waals surface area contributed by atoms with Crippen molar-refractivity contribution in [3.63, 3.8) is 0 Å². The quantitative estimate of drug-likeness (QED) is 0.744. The van der Waals surface area contributed by atoms with E-state index in [1.807, 2.05) is 0 Å². The SMILES string of the molecule is N#Cc1ccc(-c2ccc(C(=O)O)c(NC(=O)c3ccccc3)c2)cc1. The molecule has 0 spiro atoms. The van der Waals surface area contributed by atoms with Gasteiger partial charge in [-0.2, -0.15) is 5.26 Å². The van der Waals surface area contributed by atoms with Crippen LogP contribution in [0.2, 0.25) is 0 Å². The molecule has 2 N–H and O–H groups in total. The summed E-state index contributed by atoms with van der Waals surface area (Å²) in [5.74, 6) is -1.51. The zero-order valence-electron chi connectivity index (χ0n) is 13.6. The van der Waals surface area contributed by atoms with Gasteiger partial charge in [-0.15, -0.1) is 0 Å². The number of carbonyl (C=O) groups excluding carboxylic acids is 1. The highest BCUT2D eigenvalue weighted by molar-refractivity contribution is 6.08. The van der Waals surface area contributed by atoms with Gasteiger partial charge in [-0.1, -0.05) is 36.4 Å². The summed E-state index contributed by atoms with van der Waals surface area (Å²) in [6.45, 7) is 0. The minimum absolute atomic E-state index is 0.00618. The third-order valence-electron chi connectivity index (χ3n) is 3.88. The second kappa shape index (κ2) is 7.32. The van der Waals surface area contributed by atoms with E-state index in [1.165, 1.54) is 6.07 Å². The molecule has 0 heterocycles. The molecule has 0 atom stereocenters. The summed E-state index contributed by atoms with van der Waals surface area (Å²) >= 11 is 0. The summed E-state index contributed by atoms with van der Waals surface area (Å²) in [6.07, 6.45) is 0. The van der Waals surface area contributed by atoms with Crippen molar-refractivity contribution in [1.29, 1.82) is 5.26 Å². The standard InChI is InChI=1S/C21H14N2O3/c22-13-14-6-8-15(9-7-14)17-10-11-18(21(25)26)19(12-17)23-20(24)16-4-2-1-3-5-16/h1-12H,(H,23,24)(H,25,26). The van der Waals surface area contributed by atoms with Crippen LogP contribution in [0.25, 0.3) is 11.1 Å². The number of amides is 1. The first-order valence-corrected chi connectivity index (χ1v) is 7.83. The van der Waals surface area contributed by atoms with E-state index in [0.717, 1.165) is 11.1 Å². The number of benzene rings is 3. The number of rotatable bonds is 4. The van der Waals surface area contributed by atoms with Crippen molar-refractivity contribution in [1.82, 2.24) is 0 Å². The molecule has 1 amide bonds. The molecule has 0 fully saturated rings. The molecule has 0 unspecified atom stereocenters. The number of anilines is 1. The van der Waals surface area contributed by atoms with Gasteiger partial charge in [0.2, 0.25) is 0 Å². The average Bonchev–Trinajstić information content (AvgIpc) is 2.68. The highest BCUT2D eigenvalue weighted by Crippen LogP contribution is 2.26. The van der Waals surface area contributed by atoms with Crippen molar-refractivity contribution in [3.8, 4) is 17.2 Å². The van der Waals surface area contributed by atoms with Crippen LogP contribution in [0.1, 0.15) is 26.3 Å². The number of carboxylic acid groups (broad SMARTS) is 1. The van der Waals surface area contributed by atoms with Crippen LogP contribution in [0.15, 0.2) is 72.8 Å². The first kappa shape index (κ1) is 16.9. The maximum absolute atomic E-state index is 12.4. The third-order valence-corrected chi connectivity index (χ3v) is 3.88. The van der Waals surface area contributed by atoms with Gasteiger partial charge in [-0.05, 0) is 47.5 Å². The van der Waals surface area contributed by atoms with Gasteiger partial charge in [0.15, 0.2) is 0 Å². The summed E-state index contributed by atoms with van der Waals surface area (Å²) in [5, 5.41) is 20.9. The van der Waals surface area contributed by atoms with Gasteiger partial charge in [0, 0.05) is 5.56 Å². The van der Waals surface area contributed by atoms with Crippen LogP contribution in [0.5, 0.6) is 0 Å². The number of hydrogen-bond donors (Lipinski definition) is 2. The normalized spacial score (nSPS) is 9.96. The Balaban J connectivity index is 1.97. The zero-order valence-corrected chi connectivity index (χ0v) is 13.6. The summed E-state index contributed by atoms with van der Waals surface area (Å²) in [5.41, 5.74) is 2.75. The summed E-state index contributed by atoms with van der Waals surface area (Å²) in [7, 11) is 0. The topological polar surface area (TPSA) is 90.2 Å². The van der Waals surface area contributed by atoms with Crippen molar-refractivity contribution in [3.05, 3.63) is 89.5 Å². The molecule has 0 radical (unpaired) electrons. The predicted molar refractivity (Wildman–Crippen MR) is 97.9 cm³/mol. The van der Waals surface area contributed by atoms with E-state index in [1.54, 1.807) is 66.7 Å². The minimum atomic E-state index is -1.13. The maximum Gasteiger partial charge on any atom is 0.337 e. The van der Waals surface area contributed by atoms with E-state index >= 15 is 0 Å². The van der Waals surface area contributed by atoms with Crippen molar-refractivity contribution >= 4 is 17.6 Å². The number of nitrogens with zero attached hydrogens (tertiary/aromatic N) is 1. The molecule has 5 heteroatoms. The van der Waals surface area contributed by atoms with Gasteiger partial charge in [-0.25, -0.2) is 4.79 Å². The number of hydrogen-bond acceptors (Lipinski definition) is 3. The molecule has 3 rings (SSSR count). The maximum atomic E-state index is 12.4. The lowest BCUT2D eigenvalue weighted by molar-refractivity contribution is 0.0698. The Labute approximate surface area is 150 Å². The molecular weight excluding hydrogens is 328 g/mol. The van der Waals surface area contributed by atoms with E-state index in [2.05, 4.69) is 11.4 Å². The Morgan fingerprint density at radius 2 is 1.54 bits per heavy atom. The molecule has 5 nitrogen and oxygen atoms in total. The lowest BCUT2D eigenvalue weighted by Gasteiger charge is -2.11. The molecule has 0 aliphatic heterocycles. The number of aromatic carboxylic acids is 1. The van der Waals surface area contributed by atoms with Crippen molar-refractivity contribution in [2.45, 2.75) is 0 Å². The molecule has 126 valence electrons. The Hall–Kier alpha value is -3.91. The molecule has 0 saturated carbocycles. The van der Waals surface area contributed by atoms with E-state index in [0.29, 0.717) is 11.1 Å². The summed E-state index contributed by atoms with van der Waals surface area (Å²) < 4.78 is 0. The monoisotopic (exact) mass is 342 g/mol. The van der Waals surface area contributed by atoms with Gasteiger partial charge in [0.1, 0.15) is 0 Å². The number of carboxylic acids is 1. The lowest BCUT2D eigenvalue weighted by Crippen LogP contribution is -2.14. The van der Waals surface area contributed by atoms with E-state index in [-0.39, 0.29) is 17.2 Å². The molecule has 0 bridgehead atoms. The van der Waals surface area contributed by atoms with Gasteiger partial charge >= 0.3 is 5.97 Å². The molecule has 26 heavy (non-hydrogen) atoms. The van der Waals surface area contributed by atoms with Crippen molar-refractivity contribution in [2.75, 3.05) is 5.32 Å². The molecule has 0 saturated heterocycles. The van der Waals surface area contributed by atoms with Gasteiger partial charge in [0.25, 0.3) is 5.91 Å². The third kappa shape index (κ3) is 3.60. The fourth-order valence-electron chi connectivity index (χ4n) is 2.53. The number of nitriles is 1. The Morgan fingerprint density at radius 3 is 2.15 bits per heavy atom. The largest absolute Gasteiger partial charge is 0.478 e. The summed E-state index contributed by atoms with van der Waals surface area (Å²) in [4.78, 5) is 23.9. The second-order valence-electron chi connectivity index (χ2n) is 5.57. The average molecular weight is 342 g/mol. The Morgan fingerprint density at radius 1 is 0.885 bits per heavy atom. The van der Waals surface area contributed by atoms with E-state index in [9.17, 15) is 14.7 Å². The first-order valence-electron chi connectivity index (χ1n) is 7.83. The Kier molecular flexibility index (Phi) is 4.77. The smallest absolute Gasteiger partial charge is 0.337 e. The molecule has 3 aromatic carbocycles. The second-order valence-corrected chi connectivity index (χ2v) is 5.57. The fraction of sp³-hybridized carbons (Fsp3) is 0. The number of nitrogens with one attached hydrogen (secondary N) is 1. The first-order chi connectivity index (χ1) is 12.6. The van der Waals surface area contributed by atoms with Crippen molar-refractivity contribution < 1.29 is 14.7 Å². The van der Waals surface area contributed by atoms with E-state index in [4.69, 9.17) is 5.26 Å². The predicted octanol–water partition coefficient (Wildman–Crippen LogP) is 4.18. The Bertz CT molecular complexity index is 1000.